The van der Waals surface area contributed by atoms with Crippen molar-refractivity contribution in [3.05, 3.63) is 41.5 Å². The quantitative estimate of drug-likeness (QED) is 0.547. The van der Waals surface area contributed by atoms with E-state index in [0.29, 0.717) is 22.6 Å². The first-order chi connectivity index (χ1) is 14.6. The summed E-state index contributed by atoms with van der Waals surface area (Å²) in [4.78, 5) is 15.8. The number of carbonyl (C=O) groups excluding carboxylic acids is 1. The van der Waals surface area contributed by atoms with Crippen molar-refractivity contribution in [2.45, 2.75) is 6.54 Å². The van der Waals surface area contributed by atoms with Crippen LogP contribution in [-0.4, -0.2) is 67.4 Å². The number of morpholine rings is 1. The molecule has 7 nitrogen and oxygen atoms in total. The van der Waals surface area contributed by atoms with E-state index in [2.05, 4.69) is 9.47 Å². The zero-order chi connectivity index (χ0) is 20.8. The van der Waals surface area contributed by atoms with Crippen molar-refractivity contribution in [2.24, 2.45) is 0 Å². The van der Waals surface area contributed by atoms with E-state index in [1.165, 1.54) is 0 Å². The summed E-state index contributed by atoms with van der Waals surface area (Å²) < 4.78 is 18.5. The monoisotopic (exact) mass is 408 g/mol. The number of carbonyl (C=O) groups is 1. The van der Waals surface area contributed by atoms with Crippen molar-refractivity contribution >= 4 is 16.7 Å². The van der Waals surface area contributed by atoms with Gasteiger partial charge in [0.2, 0.25) is 0 Å². The minimum Gasteiger partial charge on any atom is -0.508 e. The second-order valence-electron chi connectivity index (χ2n) is 7.61. The van der Waals surface area contributed by atoms with Crippen LogP contribution in [0.4, 0.5) is 0 Å². The third-order valence-electron chi connectivity index (χ3n) is 6.04. The topological polar surface area (TPSA) is 73.2 Å². The second-order valence-corrected chi connectivity index (χ2v) is 7.61. The summed E-state index contributed by atoms with van der Waals surface area (Å²) in [6.07, 6.45) is 0. The van der Waals surface area contributed by atoms with Gasteiger partial charge in [0.15, 0.2) is 17.3 Å². The number of hydrogen-bond acceptors (Lipinski definition) is 6. The van der Waals surface area contributed by atoms with Crippen molar-refractivity contribution in [1.29, 1.82) is 0 Å². The van der Waals surface area contributed by atoms with Gasteiger partial charge in [0.25, 0.3) is 0 Å². The number of aromatic nitrogens is 1. The number of fused-ring (bicyclic) bond motifs is 5. The molecule has 0 radical (unpaired) electrons. The Balaban J connectivity index is 1.67. The fraction of sp³-hybridized carbons (Fsp3) is 0.348. The van der Waals surface area contributed by atoms with E-state index in [1.807, 2.05) is 12.1 Å². The Bertz CT molecular complexity index is 1140. The van der Waals surface area contributed by atoms with Gasteiger partial charge in [0.1, 0.15) is 5.75 Å². The maximum atomic E-state index is 13.4. The van der Waals surface area contributed by atoms with Crippen LogP contribution >= 0.6 is 0 Å². The van der Waals surface area contributed by atoms with Crippen LogP contribution in [0.25, 0.3) is 22.2 Å². The van der Waals surface area contributed by atoms with Crippen LogP contribution in [0.15, 0.2) is 30.3 Å². The lowest BCUT2D eigenvalue weighted by atomic mass is 10.1. The number of rotatable bonds is 5. The van der Waals surface area contributed by atoms with Gasteiger partial charge in [-0.25, -0.2) is 0 Å². The van der Waals surface area contributed by atoms with Gasteiger partial charge < -0.3 is 23.9 Å². The first-order valence-corrected chi connectivity index (χ1v) is 10.1. The highest BCUT2D eigenvalue weighted by atomic mass is 16.5. The highest BCUT2D eigenvalue weighted by Gasteiger charge is 2.35. The maximum Gasteiger partial charge on any atom is 0.196 e. The first-order valence-electron chi connectivity index (χ1n) is 10.1. The number of hydrogen-bond donors (Lipinski definition) is 1. The van der Waals surface area contributed by atoms with Crippen LogP contribution in [0, 0.1) is 0 Å². The van der Waals surface area contributed by atoms with Gasteiger partial charge in [-0.05, 0) is 30.3 Å². The molecule has 2 aromatic carbocycles. The Hall–Kier alpha value is -3.03. The largest absolute Gasteiger partial charge is 0.508 e. The van der Waals surface area contributed by atoms with E-state index < -0.39 is 0 Å². The number of nitrogens with zero attached hydrogens (tertiary/aromatic N) is 2. The summed E-state index contributed by atoms with van der Waals surface area (Å²) in [7, 11) is 3.15. The maximum absolute atomic E-state index is 13.4. The molecule has 0 saturated carbocycles. The molecule has 0 amide bonds. The summed E-state index contributed by atoms with van der Waals surface area (Å²) >= 11 is 0. The van der Waals surface area contributed by atoms with Gasteiger partial charge in [-0.1, -0.05) is 0 Å². The molecule has 2 heterocycles. The summed E-state index contributed by atoms with van der Waals surface area (Å²) in [6.45, 7) is 4.90. The van der Waals surface area contributed by atoms with Crippen LogP contribution in [0.1, 0.15) is 15.9 Å². The molecule has 0 atom stereocenters. The number of phenols is 1. The molecule has 0 unspecified atom stereocenters. The Morgan fingerprint density at radius 2 is 1.70 bits per heavy atom. The first kappa shape index (κ1) is 19.0. The second kappa shape index (κ2) is 7.34. The Morgan fingerprint density at radius 1 is 1.00 bits per heavy atom. The molecule has 7 heteroatoms. The molecule has 1 N–H and O–H groups in total. The van der Waals surface area contributed by atoms with Crippen LogP contribution < -0.4 is 9.47 Å². The lowest BCUT2D eigenvalue weighted by Gasteiger charge is -2.27. The van der Waals surface area contributed by atoms with E-state index in [0.717, 1.165) is 61.6 Å². The van der Waals surface area contributed by atoms with Gasteiger partial charge in [0.05, 0.1) is 38.7 Å². The van der Waals surface area contributed by atoms with Crippen molar-refractivity contribution in [1.82, 2.24) is 9.47 Å². The van der Waals surface area contributed by atoms with E-state index in [-0.39, 0.29) is 11.5 Å². The summed E-state index contributed by atoms with van der Waals surface area (Å²) in [5, 5.41) is 10.9. The lowest BCUT2D eigenvalue weighted by Crippen LogP contribution is -2.38. The van der Waals surface area contributed by atoms with Gasteiger partial charge in [0, 0.05) is 48.2 Å². The molecule has 0 bridgehead atoms. The average molecular weight is 408 g/mol. The smallest absolute Gasteiger partial charge is 0.196 e. The molecule has 1 aromatic heterocycles. The summed E-state index contributed by atoms with van der Waals surface area (Å²) in [5.41, 5.74) is 3.89. The average Bonchev–Trinajstić information content (AvgIpc) is 3.24. The minimum atomic E-state index is -0.0540. The number of methoxy groups -OCH3 is 2. The van der Waals surface area contributed by atoms with Crippen molar-refractivity contribution < 1.29 is 24.1 Å². The van der Waals surface area contributed by atoms with Crippen LogP contribution in [-0.2, 0) is 11.3 Å². The normalized spacial score (nSPS) is 16.0. The minimum absolute atomic E-state index is 0.0540. The highest BCUT2D eigenvalue weighted by molar-refractivity contribution is 6.28. The molecule has 156 valence electrons. The van der Waals surface area contributed by atoms with E-state index >= 15 is 0 Å². The van der Waals surface area contributed by atoms with E-state index in [9.17, 15) is 9.90 Å². The Morgan fingerprint density at radius 3 is 2.40 bits per heavy atom. The molecule has 1 saturated heterocycles. The van der Waals surface area contributed by atoms with Crippen molar-refractivity contribution in [2.75, 3.05) is 47.1 Å². The fourth-order valence-electron chi connectivity index (χ4n) is 4.55. The Kier molecular flexibility index (Phi) is 4.64. The van der Waals surface area contributed by atoms with Crippen LogP contribution in [0.3, 0.4) is 0 Å². The fourth-order valence-corrected chi connectivity index (χ4v) is 4.55. The number of aromatic hydroxyl groups is 1. The SMILES string of the molecule is COc1cc2c(cc1OC)-c1c(c3cc(O)ccc3n1CCN1CCOCC1)C2=O. The molecule has 1 fully saturated rings. The summed E-state index contributed by atoms with van der Waals surface area (Å²) in [6, 6.07) is 8.86. The van der Waals surface area contributed by atoms with Crippen molar-refractivity contribution in [3.8, 4) is 28.5 Å². The van der Waals surface area contributed by atoms with Gasteiger partial charge in [-0.15, -0.1) is 0 Å². The van der Waals surface area contributed by atoms with E-state index in [1.54, 1.807) is 32.4 Å². The predicted molar refractivity (Wildman–Crippen MR) is 113 cm³/mol. The lowest BCUT2D eigenvalue weighted by molar-refractivity contribution is 0.0366. The number of benzene rings is 2. The molecule has 3 aromatic rings. The molecule has 5 rings (SSSR count). The van der Waals surface area contributed by atoms with E-state index in [4.69, 9.17) is 14.2 Å². The van der Waals surface area contributed by atoms with Gasteiger partial charge in [-0.3, -0.25) is 9.69 Å². The highest BCUT2D eigenvalue weighted by Crippen LogP contribution is 2.47. The molecular weight excluding hydrogens is 384 g/mol. The zero-order valence-electron chi connectivity index (χ0n) is 17.1. The molecule has 30 heavy (non-hydrogen) atoms. The third-order valence-corrected chi connectivity index (χ3v) is 6.04. The Labute approximate surface area is 174 Å². The van der Waals surface area contributed by atoms with Crippen LogP contribution in [0.2, 0.25) is 0 Å². The van der Waals surface area contributed by atoms with Crippen molar-refractivity contribution in [3.63, 3.8) is 0 Å². The summed E-state index contributed by atoms with van der Waals surface area (Å²) in [5.74, 6) is 1.21. The number of ketones is 1. The number of ether oxygens (including phenoxy) is 3. The van der Waals surface area contributed by atoms with Crippen LogP contribution in [0.5, 0.6) is 17.2 Å². The molecule has 1 aliphatic heterocycles. The molecule has 0 spiro atoms. The zero-order valence-corrected chi connectivity index (χ0v) is 17.1. The standard InChI is InChI=1S/C23H24N2O5/c1-28-19-12-15-16(13-20(19)29-2)23(27)21-17-11-14(26)3-4-18(17)25(22(15)21)6-5-24-7-9-30-10-8-24/h3-4,11-13,26H,5-10H2,1-2H3. The van der Waals surface area contributed by atoms with Gasteiger partial charge in [-0.2, -0.15) is 0 Å². The third kappa shape index (κ3) is 2.85. The predicted octanol–water partition coefficient (Wildman–Crippen LogP) is 2.91. The number of phenolic OH excluding ortho intramolecular Hbond substituents is 1. The molecular formula is C23H24N2O5. The molecule has 1 aliphatic carbocycles. The molecule has 2 aliphatic rings. The van der Waals surface area contributed by atoms with Gasteiger partial charge >= 0.3 is 0 Å².